The largest absolute Gasteiger partial charge is 0.355 e. The molecule has 2 aliphatic heterocycles. The van der Waals surface area contributed by atoms with Crippen LogP contribution in [0.2, 0.25) is 0 Å². The van der Waals surface area contributed by atoms with Crippen molar-refractivity contribution in [2.45, 2.75) is 38.0 Å². The summed E-state index contributed by atoms with van der Waals surface area (Å²) in [5.74, 6) is 2.35. The molecule has 2 fully saturated rings. The third kappa shape index (κ3) is 3.38. The lowest BCUT2D eigenvalue weighted by atomic mass is 9.97. The van der Waals surface area contributed by atoms with Gasteiger partial charge in [0.05, 0.1) is 5.56 Å². The van der Waals surface area contributed by atoms with Crippen molar-refractivity contribution in [2.24, 2.45) is 0 Å². The number of carbonyl (C=O) groups excluding carboxylic acids is 1. The van der Waals surface area contributed by atoms with Gasteiger partial charge in [-0.1, -0.05) is 0 Å². The van der Waals surface area contributed by atoms with Crippen LogP contribution in [0.4, 0.5) is 5.82 Å². The van der Waals surface area contributed by atoms with Gasteiger partial charge in [0.25, 0.3) is 5.91 Å². The highest BCUT2D eigenvalue weighted by atomic mass is 16.2. The van der Waals surface area contributed by atoms with Crippen molar-refractivity contribution in [3.8, 4) is 0 Å². The molecule has 0 aromatic carbocycles. The van der Waals surface area contributed by atoms with E-state index in [1.807, 2.05) is 23.2 Å². The minimum atomic E-state index is 0.128. The van der Waals surface area contributed by atoms with E-state index < -0.39 is 0 Å². The van der Waals surface area contributed by atoms with Crippen LogP contribution in [-0.4, -0.2) is 51.9 Å². The summed E-state index contributed by atoms with van der Waals surface area (Å²) >= 11 is 0. The number of H-pyrrole nitrogens is 1. The number of rotatable bonds is 3. The number of amides is 1. The van der Waals surface area contributed by atoms with Gasteiger partial charge < -0.3 is 14.8 Å². The Morgan fingerprint density at radius 1 is 1.08 bits per heavy atom. The molecule has 6 heteroatoms. The van der Waals surface area contributed by atoms with Crippen LogP contribution in [0.15, 0.2) is 30.7 Å². The van der Waals surface area contributed by atoms with E-state index in [0.717, 1.165) is 69.1 Å². The fourth-order valence-electron chi connectivity index (χ4n) is 3.98. The van der Waals surface area contributed by atoms with E-state index >= 15 is 0 Å². The number of piperidine rings is 2. The number of carbonyl (C=O) groups is 1. The molecule has 0 aliphatic carbocycles. The van der Waals surface area contributed by atoms with Crippen LogP contribution < -0.4 is 4.90 Å². The molecule has 25 heavy (non-hydrogen) atoms. The molecule has 2 aliphatic rings. The van der Waals surface area contributed by atoms with Gasteiger partial charge in [0.1, 0.15) is 11.6 Å². The van der Waals surface area contributed by atoms with Crippen molar-refractivity contribution in [1.29, 1.82) is 0 Å². The first-order valence-electron chi connectivity index (χ1n) is 9.31. The number of hydrogen-bond donors (Lipinski definition) is 1. The number of aromatic amines is 1. The zero-order chi connectivity index (χ0) is 17.1. The number of nitrogens with zero attached hydrogens (tertiary/aromatic N) is 4. The Kier molecular flexibility index (Phi) is 4.68. The van der Waals surface area contributed by atoms with Gasteiger partial charge >= 0.3 is 0 Å². The predicted molar refractivity (Wildman–Crippen MR) is 96.8 cm³/mol. The van der Waals surface area contributed by atoms with E-state index in [1.165, 1.54) is 6.42 Å². The number of anilines is 1. The Labute approximate surface area is 148 Å². The molecule has 1 atom stereocenters. The fraction of sp³-hybridized carbons (Fsp3) is 0.526. The zero-order valence-electron chi connectivity index (χ0n) is 14.5. The highest BCUT2D eigenvalue weighted by molar-refractivity contribution is 5.99. The molecule has 0 bridgehead atoms. The minimum absolute atomic E-state index is 0.128. The summed E-state index contributed by atoms with van der Waals surface area (Å²) in [6.45, 7) is 3.52. The maximum absolute atomic E-state index is 13.0. The number of aromatic nitrogens is 3. The van der Waals surface area contributed by atoms with Crippen LogP contribution in [0.1, 0.15) is 54.2 Å². The molecule has 6 nitrogen and oxygen atoms in total. The maximum Gasteiger partial charge on any atom is 0.257 e. The van der Waals surface area contributed by atoms with Crippen LogP contribution in [0.25, 0.3) is 0 Å². The van der Waals surface area contributed by atoms with Gasteiger partial charge in [0.2, 0.25) is 0 Å². The standard InChI is InChI=1S/C19H25N5O/c25-19(23-11-2-1-3-12-23)16-7-4-8-22-18(16)24-13-5-6-15(14-24)17-20-9-10-21-17/h4,7-10,15H,1-3,5-6,11-14H2,(H,20,21). The third-order valence-electron chi connectivity index (χ3n) is 5.29. The fourth-order valence-corrected chi connectivity index (χ4v) is 3.98. The molecular weight excluding hydrogens is 314 g/mol. The summed E-state index contributed by atoms with van der Waals surface area (Å²) < 4.78 is 0. The van der Waals surface area contributed by atoms with Crippen molar-refractivity contribution in [3.63, 3.8) is 0 Å². The maximum atomic E-state index is 13.0. The van der Waals surface area contributed by atoms with E-state index in [9.17, 15) is 4.79 Å². The topological polar surface area (TPSA) is 65.1 Å². The van der Waals surface area contributed by atoms with Crippen LogP contribution in [0.5, 0.6) is 0 Å². The summed E-state index contributed by atoms with van der Waals surface area (Å²) in [4.78, 5) is 29.5. The lowest BCUT2D eigenvalue weighted by Gasteiger charge is -2.34. The first-order valence-corrected chi connectivity index (χ1v) is 9.31. The van der Waals surface area contributed by atoms with Gasteiger partial charge in [-0.25, -0.2) is 9.97 Å². The third-order valence-corrected chi connectivity index (χ3v) is 5.29. The molecule has 1 unspecified atom stereocenters. The highest BCUT2D eigenvalue weighted by Crippen LogP contribution is 2.29. The van der Waals surface area contributed by atoms with Crippen LogP contribution in [-0.2, 0) is 0 Å². The Balaban J connectivity index is 1.56. The first-order chi connectivity index (χ1) is 12.3. The van der Waals surface area contributed by atoms with E-state index in [0.29, 0.717) is 5.92 Å². The van der Waals surface area contributed by atoms with E-state index in [2.05, 4.69) is 19.9 Å². The number of nitrogens with one attached hydrogen (secondary N) is 1. The smallest absolute Gasteiger partial charge is 0.257 e. The molecule has 2 aromatic rings. The summed E-state index contributed by atoms with van der Waals surface area (Å²) in [7, 11) is 0. The highest BCUT2D eigenvalue weighted by Gasteiger charge is 2.28. The van der Waals surface area contributed by atoms with E-state index in [4.69, 9.17) is 0 Å². The second-order valence-corrected chi connectivity index (χ2v) is 6.99. The molecule has 2 saturated heterocycles. The molecule has 1 amide bonds. The lowest BCUT2D eigenvalue weighted by Crippen LogP contribution is -2.39. The Hall–Kier alpha value is -2.37. The number of likely N-dealkylation sites (tertiary alicyclic amines) is 1. The van der Waals surface area contributed by atoms with Crippen molar-refractivity contribution < 1.29 is 4.79 Å². The monoisotopic (exact) mass is 339 g/mol. The summed E-state index contributed by atoms with van der Waals surface area (Å²) in [6.07, 6.45) is 11.1. The first kappa shape index (κ1) is 16.1. The molecule has 0 spiro atoms. The zero-order valence-corrected chi connectivity index (χ0v) is 14.5. The lowest BCUT2D eigenvalue weighted by molar-refractivity contribution is 0.0724. The molecule has 132 valence electrons. The quantitative estimate of drug-likeness (QED) is 0.934. The second-order valence-electron chi connectivity index (χ2n) is 6.99. The summed E-state index contributed by atoms with van der Waals surface area (Å²) in [6, 6.07) is 3.80. The Morgan fingerprint density at radius 3 is 2.76 bits per heavy atom. The SMILES string of the molecule is O=C(c1cccnc1N1CCCC(c2ncc[nH]2)C1)N1CCCCC1. The van der Waals surface area contributed by atoms with E-state index in [-0.39, 0.29) is 5.91 Å². The van der Waals surface area contributed by atoms with Crippen LogP contribution in [0, 0.1) is 0 Å². The average Bonchev–Trinajstić information content (AvgIpc) is 3.23. The molecule has 4 rings (SSSR count). The number of pyridine rings is 1. The molecular formula is C19H25N5O. The predicted octanol–water partition coefficient (Wildman–Crippen LogP) is 2.81. The van der Waals surface area contributed by atoms with Crippen LogP contribution >= 0.6 is 0 Å². The van der Waals surface area contributed by atoms with Gasteiger partial charge in [0, 0.05) is 50.7 Å². The van der Waals surface area contributed by atoms with E-state index in [1.54, 1.807) is 12.4 Å². The number of imidazole rings is 1. The van der Waals surface area contributed by atoms with Gasteiger partial charge in [-0.05, 0) is 44.2 Å². The van der Waals surface area contributed by atoms with Crippen molar-refractivity contribution in [2.75, 3.05) is 31.1 Å². The van der Waals surface area contributed by atoms with Gasteiger partial charge in [-0.2, -0.15) is 0 Å². The van der Waals surface area contributed by atoms with Gasteiger partial charge in [0.15, 0.2) is 0 Å². The Morgan fingerprint density at radius 2 is 1.96 bits per heavy atom. The van der Waals surface area contributed by atoms with Crippen molar-refractivity contribution >= 4 is 11.7 Å². The minimum Gasteiger partial charge on any atom is -0.355 e. The Bertz CT molecular complexity index is 708. The molecule has 0 radical (unpaired) electrons. The second kappa shape index (κ2) is 7.25. The molecule has 2 aromatic heterocycles. The average molecular weight is 339 g/mol. The summed E-state index contributed by atoms with van der Waals surface area (Å²) in [5.41, 5.74) is 0.740. The molecule has 0 saturated carbocycles. The van der Waals surface area contributed by atoms with Crippen molar-refractivity contribution in [3.05, 3.63) is 42.1 Å². The van der Waals surface area contributed by atoms with Crippen molar-refractivity contribution in [1.82, 2.24) is 19.9 Å². The van der Waals surface area contributed by atoms with Crippen LogP contribution in [0.3, 0.4) is 0 Å². The van der Waals surface area contributed by atoms with Gasteiger partial charge in [-0.15, -0.1) is 0 Å². The normalized spacial score (nSPS) is 21.4. The number of hydrogen-bond acceptors (Lipinski definition) is 4. The molecule has 1 N–H and O–H groups in total. The van der Waals surface area contributed by atoms with Gasteiger partial charge in [-0.3, -0.25) is 4.79 Å². The summed E-state index contributed by atoms with van der Waals surface area (Å²) in [5, 5.41) is 0. The molecule has 4 heterocycles.